The van der Waals surface area contributed by atoms with E-state index >= 15 is 0 Å². The van der Waals surface area contributed by atoms with Gasteiger partial charge in [0.2, 0.25) is 0 Å². The van der Waals surface area contributed by atoms with Gasteiger partial charge in [0.15, 0.2) is 0 Å². The van der Waals surface area contributed by atoms with E-state index in [0.717, 1.165) is 25.0 Å². The van der Waals surface area contributed by atoms with Crippen LogP contribution in [0.25, 0.3) is 0 Å². The largest absolute Gasteiger partial charge is 0.416 e. The van der Waals surface area contributed by atoms with Gasteiger partial charge in [-0.2, -0.15) is 13.2 Å². The Hall–Kier alpha value is -1.85. The van der Waals surface area contributed by atoms with Crippen LogP contribution in [0.5, 0.6) is 0 Å². The minimum atomic E-state index is -4.35. The van der Waals surface area contributed by atoms with Gasteiger partial charge in [0, 0.05) is 6.04 Å². The third-order valence-electron chi connectivity index (χ3n) is 5.75. The van der Waals surface area contributed by atoms with Crippen molar-refractivity contribution < 1.29 is 18.3 Å². The maximum Gasteiger partial charge on any atom is 0.416 e. The second kappa shape index (κ2) is 7.64. The van der Waals surface area contributed by atoms with Gasteiger partial charge >= 0.3 is 6.18 Å². The van der Waals surface area contributed by atoms with Crippen molar-refractivity contribution in [3.8, 4) is 0 Å². The van der Waals surface area contributed by atoms with E-state index in [-0.39, 0.29) is 6.04 Å². The Morgan fingerprint density at radius 2 is 1.52 bits per heavy atom. The fourth-order valence-corrected chi connectivity index (χ4v) is 4.33. The van der Waals surface area contributed by atoms with Gasteiger partial charge in [0.05, 0.1) is 11.2 Å². The Morgan fingerprint density at radius 1 is 0.963 bits per heavy atom. The molecule has 0 bridgehead atoms. The van der Waals surface area contributed by atoms with Crippen molar-refractivity contribution in [3.05, 3.63) is 71.3 Å². The van der Waals surface area contributed by atoms with Gasteiger partial charge in [-0.05, 0) is 69.0 Å². The molecule has 1 atom stereocenters. The first-order valence-corrected chi connectivity index (χ1v) is 9.32. The molecule has 0 aromatic heterocycles. The van der Waals surface area contributed by atoms with Gasteiger partial charge in [-0.3, -0.25) is 0 Å². The minimum Gasteiger partial charge on any atom is -0.385 e. The van der Waals surface area contributed by atoms with Gasteiger partial charge in [-0.25, -0.2) is 0 Å². The van der Waals surface area contributed by atoms with Crippen molar-refractivity contribution in [1.82, 2.24) is 4.90 Å². The van der Waals surface area contributed by atoms with E-state index in [9.17, 15) is 18.3 Å². The molecule has 5 heteroatoms. The molecule has 1 unspecified atom stereocenters. The summed E-state index contributed by atoms with van der Waals surface area (Å²) in [7, 11) is 4.13. The molecule has 1 saturated carbocycles. The SMILES string of the molecule is CN(C)C(c1ccccc1)C1CCC(O)(c2ccc(C(F)(F)F)cc2)CC1. The van der Waals surface area contributed by atoms with E-state index in [2.05, 4.69) is 31.1 Å². The molecule has 2 aromatic carbocycles. The molecule has 0 heterocycles. The number of halogens is 3. The van der Waals surface area contributed by atoms with Gasteiger partial charge in [-0.15, -0.1) is 0 Å². The van der Waals surface area contributed by atoms with E-state index in [1.165, 1.54) is 17.7 Å². The zero-order chi connectivity index (χ0) is 19.7. The van der Waals surface area contributed by atoms with Crippen LogP contribution in [0, 0.1) is 5.92 Å². The lowest BCUT2D eigenvalue weighted by Crippen LogP contribution is -2.36. The number of nitrogens with zero attached hydrogens (tertiary/aromatic N) is 1. The van der Waals surface area contributed by atoms with E-state index in [0.29, 0.717) is 24.3 Å². The highest BCUT2D eigenvalue weighted by atomic mass is 19.4. The molecule has 0 aliphatic heterocycles. The summed E-state index contributed by atoms with van der Waals surface area (Å²) in [4.78, 5) is 2.21. The molecule has 0 radical (unpaired) electrons. The maximum atomic E-state index is 12.8. The number of rotatable bonds is 4. The summed E-state index contributed by atoms with van der Waals surface area (Å²) in [5, 5.41) is 11.1. The van der Waals surface area contributed by atoms with Crippen LogP contribution in [0.2, 0.25) is 0 Å². The van der Waals surface area contributed by atoms with Gasteiger partial charge in [-0.1, -0.05) is 42.5 Å². The fourth-order valence-electron chi connectivity index (χ4n) is 4.33. The number of hydrogen-bond donors (Lipinski definition) is 1. The molecule has 0 amide bonds. The lowest BCUT2D eigenvalue weighted by molar-refractivity contribution is -0.137. The molecule has 0 spiro atoms. The highest BCUT2D eigenvalue weighted by Crippen LogP contribution is 2.45. The van der Waals surface area contributed by atoms with Crippen molar-refractivity contribution in [2.45, 2.75) is 43.5 Å². The van der Waals surface area contributed by atoms with Crippen molar-refractivity contribution >= 4 is 0 Å². The van der Waals surface area contributed by atoms with E-state index in [1.807, 2.05) is 18.2 Å². The number of alkyl halides is 3. The molecule has 1 N–H and O–H groups in total. The van der Waals surface area contributed by atoms with E-state index in [4.69, 9.17) is 0 Å². The van der Waals surface area contributed by atoms with Crippen LogP contribution in [0.4, 0.5) is 13.2 Å². The van der Waals surface area contributed by atoms with Crippen molar-refractivity contribution in [2.24, 2.45) is 5.92 Å². The van der Waals surface area contributed by atoms with Crippen LogP contribution in [0.1, 0.15) is 48.4 Å². The Kier molecular flexibility index (Phi) is 5.63. The molecular formula is C22H26F3NO. The number of benzene rings is 2. The summed E-state index contributed by atoms with van der Waals surface area (Å²) in [5.41, 5.74) is 0.108. The standard InChI is InChI=1S/C22H26F3NO/c1-26(2)20(16-6-4-3-5-7-16)17-12-14-21(27,15-13-17)18-8-10-19(11-9-18)22(23,24)25/h3-11,17,20,27H,12-15H2,1-2H3. The summed E-state index contributed by atoms with van der Waals surface area (Å²) in [6.07, 6.45) is -1.58. The zero-order valence-corrected chi connectivity index (χ0v) is 15.7. The first-order valence-electron chi connectivity index (χ1n) is 9.32. The second-order valence-corrected chi connectivity index (χ2v) is 7.76. The van der Waals surface area contributed by atoms with Crippen molar-refractivity contribution in [1.29, 1.82) is 0 Å². The van der Waals surface area contributed by atoms with Crippen LogP contribution in [-0.2, 0) is 11.8 Å². The van der Waals surface area contributed by atoms with Crippen LogP contribution in [0.3, 0.4) is 0 Å². The lowest BCUT2D eigenvalue weighted by Gasteiger charge is -2.41. The zero-order valence-electron chi connectivity index (χ0n) is 15.7. The third-order valence-corrected chi connectivity index (χ3v) is 5.75. The quantitative estimate of drug-likeness (QED) is 0.773. The van der Waals surface area contributed by atoms with Gasteiger partial charge in [0.1, 0.15) is 0 Å². The summed E-state index contributed by atoms with van der Waals surface area (Å²) in [6.45, 7) is 0. The molecular weight excluding hydrogens is 351 g/mol. The highest BCUT2D eigenvalue weighted by molar-refractivity contribution is 5.29. The average Bonchev–Trinajstić information content (AvgIpc) is 2.64. The van der Waals surface area contributed by atoms with E-state index < -0.39 is 17.3 Å². The number of aliphatic hydroxyl groups is 1. The lowest BCUT2D eigenvalue weighted by atomic mass is 9.71. The first-order chi connectivity index (χ1) is 12.7. The summed E-state index contributed by atoms with van der Waals surface area (Å²) in [5.74, 6) is 0.400. The van der Waals surface area contributed by atoms with Crippen LogP contribution >= 0.6 is 0 Å². The first kappa shape index (κ1) is 19.9. The van der Waals surface area contributed by atoms with Crippen LogP contribution in [0.15, 0.2) is 54.6 Å². The molecule has 1 aliphatic carbocycles. The molecule has 0 saturated heterocycles. The molecule has 146 valence electrons. The Balaban J connectivity index is 1.73. The van der Waals surface area contributed by atoms with Crippen molar-refractivity contribution in [3.63, 3.8) is 0 Å². The topological polar surface area (TPSA) is 23.5 Å². The summed E-state index contributed by atoms with van der Waals surface area (Å²) < 4.78 is 38.3. The Labute approximate surface area is 158 Å². The maximum absolute atomic E-state index is 12.8. The predicted molar refractivity (Wildman–Crippen MR) is 100 cm³/mol. The third kappa shape index (κ3) is 4.36. The smallest absolute Gasteiger partial charge is 0.385 e. The minimum absolute atomic E-state index is 0.267. The fraction of sp³-hybridized carbons (Fsp3) is 0.455. The molecule has 2 nitrogen and oxygen atoms in total. The van der Waals surface area contributed by atoms with Gasteiger partial charge in [0.25, 0.3) is 0 Å². The molecule has 3 rings (SSSR count). The summed E-state index contributed by atoms with van der Waals surface area (Å²) >= 11 is 0. The normalized spacial score (nSPS) is 24.8. The second-order valence-electron chi connectivity index (χ2n) is 7.76. The Bertz CT molecular complexity index is 732. The Morgan fingerprint density at radius 3 is 2.00 bits per heavy atom. The summed E-state index contributed by atoms with van der Waals surface area (Å²) in [6, 6.07) is 15.6. The molecule has 2 aromatic rings. The monoisotopic (exact) mass is 377 g/mol. The van der Waals surface area contributed by atoms with Crippen molar-refractivity contribution in [2.75, 3.05) is 14.1 Å². The predicted octanol–water partition coefficient (Wildman–Crippen LogP) is 5.39. The number of hydrogen-bond acceptors (Lipinski definition) is 2. The average molecular weight is 377 g/mol. The molecule has 27 heavy (non-hydrogen) atoms. The van der Waals surface area contributed by atoms with Crippen LogP contribution in [-0.4, -0.2) is 24.1 Å². The van der Waals surface area contributed by atoms with Crippen LogP contribution < -0.4 is 0 Å². The molecule has 1 fully saturated rings. The molecule has 1 aliphatic rings. The van der Waals surface area contributed by atoms with E-state index in [1.54, 1.807) is 0 Å². The highest BCUT2D eigenvalue weighted by Gasteiger charge is 2.39. The van der Waals surface area contributed by atoms with Gasteiger partial charge < -0.3 is 10.0 Å².